The lowest BCUT2D eigenvalue weighted by Crippen LogP contribution is -2.26. The number of anilines is 2. The quantitative estimate of drug-likeness (QED) is 0.504. The third-order valence-corrected chi connectivity index (χ3v) is 2.42. The molecule has 1 aromatic rings. The van der Waals surface area contributed by atoms with E-state index in [4.69, 9.17) is 16.2 Å². The van der Waals surface area contributed by atoms with Crippen molar-refractivity contribution in [1.29, 1.82) is 0 Å². The summed E-state index contributed by atoms with van der Waals surface area (Å²) >= 11 is 0. The lowest BCUT2D eigenvalue weighted by Gasteiger charge is -2.08. The van der Waals surface area contributed by atoms with E-state index in [9.17, 15) is 4.79 Å². The fraction of sp³-hybridized carbons (Fsp3) is 0.462. The minimum atomic E-state index is -0.178. The van der Waals surface area contributed by atoms with Crippen LogP contribution < -0.4 is 16.8 Å². The first kappa shape index (κ1) is 14.3. The molecule has 100 valence electrons. The van der Waals surface area contributed by atoms with Crippen molar-refractivity contribution in [3.63, 3.8) is 0 Å². The molecule has 0 atom stereocenters. The van der Waals surface area contributed by atoms with Crippen LogP contribution in [0.2, 0.25) is 0 Å². The summed E-state index contributed by atoms with van der Waals surface area (Å²) in [6, 6.07) is 4.88. The Morgan fingerprint density at radius 2 is 2.11 bits per heavy atom. The Bertz CT molecular complexity index is 394. The van der Waals surface area contributed by atoms with Crippen molar-refractivity contribution in [2.24, 2.45) is 0 Å². The number of rotatable bonds is 7. The summed E-state index contributed by atoms with van der Waals surface area (Å²) in [5.41, 5.74) is 12.7. The fourth-order valence-corrected chi connectivity index (χ4v) is 1.51. The number of hydrogen-bond donors (Lipinski definition) is 3. The standard InChI is InChI=1S/C13H21N3O2/c1-2-7-18-8-3-6-16-13(17)11-5-4-10(14)9-12(11)15/h4-5,9H,2-3,6-8,14-15H2,1H3,(H,16,17). The molecule has 1 amide bonds. The maximum Gasteiger partial charge on any atom is 0.253 e. The van der Waals surface area contributed by atoms with Crippen molar-refractivity contribution in [2.75, 3.05) is 31.2 Å². The van der Waals surface area contributed by atoms with Crippen LogP contribution in [0.15, 0.2) is 18.2 Å². The molecule has 0 aromatic heterocycles. The number of nitrogen functional groups attached to an aromatic ring is 2. The van der Waals surface area contributed by atoms with Gasteiger partial charge in [0.25, 0.3) is 5.91 Å². The van der Waals surface area contributed by atoms with Gasteiger partial charge >= 0.3 is 0 Å². The third-order valence-electron chi connectivity index (χ3n) is 2.42. The van der Waals surface area contributed by atoms with Crippen LogP contribution in [0.3, 0.4) is 0 Å². The second-order valence-electron chi connectivity index (χ2n) is 4.07. The predicted octanol–water partition coefficient (Wildman–Crippen LogP) is 1.40. The van der Waals surface area contributed by atoms with E-state index in [0.717, 1.165) is 19.4 Å². The van der Waals surface area contributed by atoms with E-state index in [-0.39, 0.29) is 5.91 Å². The molecule has 1 rings (SSSR count). The molecule has 0 unspecified atom stereocenters. The molecule has 0 fully saturated rings. The summed E-state index contributed by atoms with van der Waals surface area (Å²) in [5, 5.41) is 2.80. The van der Waals surface area contributed by atoms with Crippen molar-refractivity contribution in [3.05, 3.63) is 23.8 Å². The summed E-state index contributed by atoms with van der Waals surface area (Å²) in [6.45, 7) is 4.06. The Labute approximate surface area is 107 Å². The smallest absolute Gasteiger partial charge is 0.253 e. The lowest BCUT2D eigenvalue weighted by atomic mass is 10.1. The number of benzene rings is 1. The zero-order chi connectivity index (χ0) is 13.4. The Balaban J connectivity index is 2.32. The van der Waals surface area contributed by atoms with Crippen LogP contribution in [-0.4, -0.2) is 25.7 Å². The van der Waals surface area contributed by atoms with Crippen molar-refractivity contribution >= 4 is 17.3 Å². The van der Waals surface area contributed by atoms with Crippen LogP contribution in [0.4, 0.5) is 11.4 Å². The van der Waals surface area contributed by atoms with Crippen molar-refractivity contribution < 1.29 is 9.53 Å². The largest absolute Gasteiger partial charge is 0.399 e. The van der Waals surface area contributed by atoms with Gasteiger partial charge < -0.3 is 21.5 Å². The van der Waals surface area contributed by atoms with Gasteiger partial charge in [-0.1, -0.05) is 6.92 Å². The van der Waals surface area contributed by atoms with Gasteiger partial charge in [0, 0.05) is 31.1 Å². The van der Waals surface area contributed by atoms with Gasteiger partial charge in [0.1, 0.15) is 0 Å². The number of carbonyl (C=O) groups is 1. The van der Waals surface area contributed by atoms with Gasteiger partial charge in [-0.3, -0.25) is 4.79 Å². The van der Waals surface area contributed by atoms with Gasteiger partial charge in [0.2, 0.25) is 0 Å². The van der Waals surface area contributed by atoms with Gasteiger partial charge in [0.15, 0.2) is 0 Å². The van der Waals surface area contributed by atoms with Crippen molar-refractivity contribution in [3.8, 4) is 0 Å². The first-order valence-corrected chi connectivity index (χ1v) is 6.16. The van der Waals surface area contributed by atoms with E-state index in [1.165, 1.54) is 0 Å². The van der Waals surface area contributed by atoms with Gasteiger partial charge in [-0.15, -0.1) is 0 Å². The van der Waals surface area contributed by atoms with E-state index in [1.807, 2.05) is 0 Å². The number of amides is 1. The molecule has 5 nitrogen and oxygen atoms in total. The molecule has 0 aliphatic rings. The van der Waals surface area contributed by atoms with Crippen molar-refractivity contribution in [1.82, 2.24) is 5.32 Å². The average Bonchev–Trinajstić information content (AvgIpc) is 2.33. The summed E-state index contributed by atoms with van der Waals surface area (Å²) in [5.74, 6) is -0.178. The van der Waals surface area contributed by atoms with Crippen LogP contribution in [0.1, 0.15) is 30.1 Å². The Kier molecular flexibility index (Phi) is 6.00. The van der Waals surface area contributed by atoms with Gasteiger partial charge in [-0.2, -0.15) is 0 Å². The van der Waals surface area contributed by atoms with Gasteiger partial charge in [-0.25, -0.2) is 0 Å². The van der Waals surface area contributed by atoms with Crippen LogP contribution >= 0.6 is 0 Å². The van der Waals surface area contributed by atoms with Gasteiger partial charge in [0.05, 0.1) is 5.56 Å². The molecular formula is C13H21N3O2. The zero-order valence-electron chi connectivity index (χ0n) is 10.7. The summed E-state index contributed by atoms with van der Waals surface area (Å²) in [7, 11) is 0. The maximum absolute atomic E-state index is 11.8. The molecule has 0 heterocycles. The first-order chi connectivity index (χ1) is 8.65. The summed E-state index contributed by atoms with van der Waals surface area (Å²) < 4.78 is 5.32. The Morgan fingerprint density at radius 1 is 1.33 bits per heavy atom. The number of nitrogens with two attached hydrogens (primary N) is 2. The number of carbonyl (C=O) groups excluding carboxylic acids is 1. The third kappa shape index (κ3) is 4.63. The highest BCUT2D eigenvalue weighted by molar-refractivity contribution is 5.99. The molecule has 0 radical (unpaired) electrons. The summed E-state index contributed by atoms with van der Waals surface area (Å²) in [4.78, 5) is 11.8. The highest BCUT2D eigenvalue weighted by Gasteiger charge is 2.08. The molecule has 0 bridgehead atoms. The molecular weight excluding hydrogens is 230 g/mol. The van der Waals surface area contributed by atoms with Crippen LogP contribution in [0, 0.1) is 0 Å². The van der Waals surface area contributed by atoms with E-state index >= 15 is 0 Å². The molecule has 0 saturated heterocycles. The zero-order valence-corrected chi connectivity index (χ0v) is 10.7. The fourth-order valence-electron chi connectivity index (χ4n) is 1.51. The van der Waals surface area contributed by atoms with E-state index in [1.54, 1.807) is 18.2 Å². The van der Waals surface area contributed by atoms with Crippen LogP contribution in [0.25, 0.3) is 0 Å². The average molecular weight is 251 g/mol. The number of nitrogens with one attached hydrogen (secondary N) is 1. The Morgan fingerprint density at radius 3 is 2.78 bits per heavy atom. The minimum Gasteiger partial charge on any atom is -0.399 e. The lowest BCUT2D eigenvalue weighted by molar-refractivity contribution is 0.0942. The molecule has 5 N–H and O–H groups in total. The van der Waals surface area contributed by atoms with E-state index < -0.39 is 0 Å². The number of ether oxygens (including phenoxy) is 1. The Hall–Kier alpha value is -1.75. The monoisotopic (exact) mass is 251 g/mol. The molecule has 1 aromatic carbocycles. The number of hydrogen-bond acceptors (Lipinski definition) is 4. The molecule has 0 saturated carbocycles. The van der Waals surface area contributed by atoms with Crippen LogP contribution in [0.5, 0.6) is 0 Å². The first-order valence-electron chi connectivity index (χ1n) is 6.16. The maximum atomic E-state index is 11.8. The normalized spacial score (nSPS) is 10.3. The molecule has 0 spiro atoms. The second kappa shape index (κ2) is 7.55. The van der Waals surface area contributed by atoms with Crippen molar-refractivity contribution in [2.45, 2.75) is 19.8 Å². The van der Waals surface area contributed by atoms with Gasteiger partial charge in [-0.05, 0) is 31.0 Å². The highest BCUT2D eigenvalue weighted by atomic mass is 16.5. The second-order valence-corrected chi connectivity index (χ2v) is 4.07. The molecule has 0 aliphatic heterocycles. The topological polar surface area (TPSA) is 90.4 Å². The predicted molar refractivity (Wildman–Crippen MR) is 73.3 cm³/mol. The minimum absolute atomic E-state index is 0.178. The van der Waals surface area contributed by atoms with E-state index in [0.29, 0.717) is 30.1 Å². The molecule has 0 aliphatic carbocycles. The van der Waals surface area contributed by atoms with E-state index in [2.05, 4.69) is 12.2 Å². The molecule has 5 heteroatoms. The van der Waals surface area contributed by atoms with Crippen LogP contribution in [-0.2, 0) is 4.74 Å². The highest BCUT2D eigenvalue weighted by Crippen LogP contribution is 2.15. The summed E-state index contributed by atoms with van der Waals surface area (Å²) in [6.07, 6.45) is 1.80. The molecule has 18 heavy (non-hydrogen) atoms. The SMILES string of the molecule is CCCOCCCNC(=O)c1ccc(N)cc1N.